The molecular formula is C15H25N3O2S. The fourth-order valence-corrected chi connectivity index (χ4v) is 3.97. The van der Waals surface area contributed by atoms with Crippen LogP contribution >= 0.6 is 0 Å². The zero-order chi connectivity index (χ0) is 15.3. The molecule has 6 heteroatoms. The number of hydrogen-bond acceptors (Lipinski definition) is 4. The van der Waals surface area contributed by atoms with Crippen LogP contribution < -0.4 is 15.4 Å². The molecule has 1 aliphatic heterocycles. The van der Waals surface area contributed by atoms with E-state index < -0.39 is 10.0 Å². The lowest BCUT2D eigenvalue weighted by atomic mass is 9.92. The Balaban J connectivity index is 2.16. The van der Waals surface area contributed by atoms with Gasteiger partial charge in [-0.25, -0.2) is 13.1 Å². The van der Waals surface area contributed by atoms with Crippen LogP contribution in [0.5, 0.6) is 0 Å². The number of para-hydroxylation sites is 1. The first kappa shape index (κ1) is 16.3. The number of anilines is 1. The first-order chi connectivity index (χ1) is 10.0. The molecule has 0 saturated carbocycles. The number of hydrogen-bond donors (Lipinski definition) is 3. The maximum Gasteiger partial charge on any atom is 0.242 e. The van der Waals surface area contributed by atoms with Gasteiger partial charge in [0.25, 0.3) is 0 Å². The molecular weight excluding hydrogens is 286 g/mol. The van der Waals surface area contributed by atoms with Crippen molar-refractivity contribution in [2.24, 2.45) is 5.92 Å². The van der Waals surface area contributed by atoms with Gasteiger partial charge < -0.3 is 10.6 Å². The third kappa shape index (κ3) is 4.18. The summed E-state index contributed by atoms with van der Waals surface area (Å²) in [7, 11) is -3.45. The highest BCUT2D eigenvalue weighted by Gasteiger charge is 2.23. The van der Waals surface area contributed by atoms with Crippen molar-refractivity contribution in [3.63, 3.8) is 0 Å². The van der Waals surface area contributed by atoms with Crippen LogP contribution in [0.4, 0.5) is 5.69 Å². The van der Waals surface area contributed by atoms with Crippen LogP contribution in [0, 0.1) is 5.92 Å². The van der Waals surface area contributed by atoms with Crippen LogP contribution in [0.1, 0.15) is 26.7 Å². The number of nitrogens with one attached hydrogen (secondary N) is 3. The molecule has 5 nitrogen and oxygen atoms in total. The maximum atomic E-state index is 12.2. The molecule has 2 unspecified atom stereocenters. The molecule has 0 spiro atoms. The van der Waals surface area contributed by atoms with Crippen LogP contribution in [0.25, 0.3) is 0 Å². The van der Waals surface area contributed by atoms with Crippen molar-refractivity contribution in [3.05, 3.63) is 24.3 Å². The van der Waals surface area contributed by atoms with Crippen molar-refractivity contribution in [2.45, 2.75) is 37.6 Å². The molecule has 21 heavy (non-hydrogen) atoms. The zero-order valence-electron chi connectivity index (χ0n) is 12.7. The Morgan fingerprint density at radius 3 is 2.81 bits per heavy atom. The van der Waals surface area contributed by atoms with Crippen LogP contribution in [0.2, 0.25) is 0 Å². The van der Waals surface area contributed by atoms with Gasteiger partial charge in [0.15, 0.2) is 0 Å². The van der Waals surface area contributed by atoms with Gasteiger partial charge in [0, 0.05) is 12.6 Å². The summed E-state index contributed by atoms with van der Waals surface area (Å²) in [5.74, 6) is 0.522. The average Bonchev–Trinajstić information content (AvgIpc) is 2.48. The van der Waals surface area contributed by atoms with E-state index in [-0.39, 0.29) is 6.04 Å². The van der Waals surface area contributed by atoms with Gasteiger partial charge in [-0.2, -0.15) is 0 Å². The highest BCUT2D eigenvalue weighted by Crippen LogP contribution is 2.24. The molecule has 118 valence electrons. The molecule has 0 amide bonds. The molecule has 1 heterocycles. The van der Waals surface area contributed by atoms with Gasteiger partial charge >= 0.3 is 0 Å². The summed E-state index contributed by atoms with van der Waals surface area (Å²) in [6.07, 6.45) is 2.34. The van der Waals surface area contributed by atoms with Gasteiger partial charge in [0.05, 0.1) is 5.69 Å². The summed E-state index contributed by atoms with van der Waals surface area (Å²) in [6.45, 7) is 6.35. The second-order valence-corrected chi connectivity index (χ2v) is 7.27. The molecule has 0 bridgehead atoms. The molecule has 2 atom stereocenters. The first-order valence-electron chi connectivity index (χ1n) is 7.60. The lowest BCUT2D eigenvalue weighted by Crippen LogP contribution is -2.39. The van der Waals surface area contributed by atoms with E-state index in [1.807, 2.05) is 12.1 Å². The standard InChI is InChI=1S/C15H25N3O2S/c1-3-17-21(19,20)15-9-5-4-8-14(15)18-12(2)13-7-6-10-16-11-13/h4-5,8-9,12-13,16-18H,3,6-7,10-11H2,1-2H3. The fraction of sp³-hybridized carbons (Fsp3) is 0.600. The number of benzene rings is 1. The smallest absolute Gasteiger partial charge is 0.242 e. The number of rotatable bonds is 6. The van der Waals surface area contributed by atoms with E-state index in [2.05, 4.69) is 22.3 Å². The summed E-state index contributed by atoms with van der Waals surface area (Å²) in [4.78, 5) is 0.322. The molecule has 1 saturated heterocycles. The summed E-state index contributed by atoms with van der Waals surface area (Å²) >= 11 is 0. The van der Waals surface area contributed by atoms with E-state index in [1.165, 1.54) is 12.8 Å². The largest absolute Gasteiger partial charge is 0.381 e. The lowest BCUT2D eigenvalue weighted by molar-refractivity contribution is 0.347. The molecule has 1 aliphatic rings. The van der Waals surface area contributed by atoms with Gasteiger partial charge in [-0.15, -0.1) is 0 Å². The Hall–Kier alpha value is -1.11. The molecule has 2 rings (SSSR count). The van der Waals surface area contributed by atoms with E-state index in [0.717, 1.165) is 13.1 Å². The van der Waals surface area contributed by atoms with Crippen molar-refractivity contribution >= 4 is 15.7 Å². The zero-order valence-corrected chi connectivity index (χ0v) is 13.5. The van der Waals surface area contributed by atoms with E-state index in [0.29, 0.717) is 23.0 Å². The Kier molecular flexibility index (Phi) is 5.61. The number of sulfonamides is 1. The maximum absolute atomic E-state index is 12.2. The second-order valence-electron chi connectivity index (χ2n) is 5.54. The van der Waals surface area contributed by atoms with Crippen molar-refractivity contribution in [1.29, 1.82) is 0 Å². The van der Waals surface area contributed by atoms with E-state index >= 15 is 0 Å². The van der Waals surface area contributed by atoms with Crippen molar-refractivity contribution in [3.8, 4) is 0 Å². The summed E-state index contributed by atoms with van der Waals surface area (Å²) in [5, 5.41) is 6.78. The lowest BCUT2D eigenvalue weighted by Gasteiger charge is -2.30. The van der Waals surface area contributed by atoms with Gasteiger partial charge in [-0.1, -0.05) is 19.1 Å². The molecule has 1 aromatic carbocycles. The minimum absolute atomic E-state index is 0.232. The third-order valence-electron chi connectivity index (χ3n) is 3.94. The van der Waals surface area contributed by atoms with Crippen LogP contribution in [-0.4, -0.2) is 34.1 Å². The minimum Gasteiger partial charge on any atom is -0.381 e. The molecule has 0 aromatic heterocycles. The molecule has 0 aliphatic carbocycles. The van der Waals surface area contributed by atoms with Gasteiger partial charge in [-0.3, -0.25) is 0 Å². The Morgan fingerprint density at radius 2 is 2.14 bits per heavy atom. The van der Waals surface area contributed by atoms with Gasteiger partial charge in [0.1, 0.15) is 4.90 Å². The van der Waals surface area contributed by atoms with E-state index in [4.69, 9.17) is 0 Å². The van der Waals surface area contributed by atoms with Crippen molar-refractivity contribution in [2.75, 3.05) is 25.0 Å². The predicted octanol–water partition coefficient (Wildman–Crippen LogP) is 1.78. The Morgan fingerprint density at radius 1 is 1.38 bits per heavy atom. The summed E-state index contributed by atoms with van der Waals surface area (Å²) in [6, 6.07) is 7.32. The Bertz CT molecular complexity index is 554. The minimum atomic E-state index is -3.45. The monoisotopic (exact) mass is 311 g/mol. The topological polar surface area (TPSA) is 70.2 Å². The highest BCUT2D eigenvalue weighted by molar-refractivity contribution is 7.89. The van der Waals surface area contributed by atoms with Gasteiger partial charge in [0.2, 0.25) is 10.0 Å². The third-order valence-corrected chi connectivity index (χ3v) is 5.54. The second kappa shape index (κ2) is 7.24. The highest BCUT2D eigenvalue weighted by atomic mass is 32.2. The summed E-state index contributed by atoms with van der Waals surface area (Å²) < 4.78 is 27.0. The SMILES string of the molecule is CCNS(=O)(=O)c1ccccc1NC(C)C1CCCNC1. The van der Waals surface area contributed by atoms with Crippen molar-refractivity contribution < 1.29 is 8.42 Å². The predicted molar refractivity (Wildman–Crippen MR) is 86.0 cm³/mol. The van der Waals surface area contributed by atoms with Crippen molar-refractivity contribution in [1.82, 2.24) is 10.0 Å². The fourth-order valence-electron chi connectivity index (χ4n) is 2.76. The van der Waals surface area contributed by atoms with Crippen LogP contribution in [0.15, 0.2) is 29.2 Å². The normalized spacial score (nSPS) is 21.0. The molecule has 0 radical (unpaired) electrons. The molecule has 1 fully saturated rings. The molecule has 1 aromatic rings. The quantitative estimate of drug-likeness (QED) is 0.749. The Labute approximate surface area is 127 Å². The van der Waals surface area contributed by atoms with Crippen LogP contribution in [0.3, 0.4) is 0 Å². The first-order valence-corrected chi connectivity index (χ1v) is 9.09. The van der Waals surface area contributed by atoms with Gasteiger partial charge in [-0.05, 0) is 50.9 Å². The van der Waals surface area contributed by atoms with E-state index in [1.54, 1.807) is 19.1 Å². The number of piperidine rings is 1. The summed E-state index contributed by atoms with van der Waals surface area (Å²) in [5.41, 5.74) is 0.677. The van der Waals surface area contributed by atoms with Crippen LogP contribution in [-0.2, 0) is 10.0 Å². The average molecular weight is 311 g/mol. The molecule has 3 N–H and O–H groups in total. The van der Waals surface area contributed by atoms with E-state index in [9.17, 15) is 8.42 Å².